The standard InChI is InChI=1S/C24H28O12/c1-31-14-7-11(5-6-13(14)35-24-22(30)21(29)20(28)17(10-25)36-24)18(26)19(27)12-8-15(32-2)23(34-4)16(9-12)33-3/h5-9,17,20-22,24-25,28-30H,10H2,1-4H3/t17-,20-,21+,22-,24-/m1/s1. The van der Waals surface area contributed by atoms with Crippen LogP contribution < -0.4 is 23.7 Å². The van der Waals surface area contributed by atoms with E-state index < -0.39 is 48.9 Å². The molecule has 0 bridgehead atoms. The zero-order valence-electron chi connectivity index (χ0n) is 20.0. The van der Waals surface area contributed by atoms with Gasteiger partial charge in [-0.2, -0.15) is 0 Å². The van der Waals surface area contributed by atoms with Crippen LogP contribution in [0.3, 0.4) is 0 Å². The summed E-state index contributed by atoms with van der Waals surface area (Å²) in [6.45, 7) is -0.627. The highest BCUT2D eigenvalue weighted by atomic mass is 16.7. The molecule has 36 heavy (non-hydrogen) atoms. The molecule has 2 aromatic rings. The summed E-state index contributed by atoms with van der Waals surface area (Å²) in [6, 6.07) is 6.60. The van der Waals surface area contributed by atoms with Crippen molar-refractivity contribution in [1.29, 1.82) is 0 Å². The van der Waals surface area contributed by atoms with E-state index in [4.69, 9.17) is 28.4 Å². The molecule has 4 N–H and O–H groups in total. The molecule has 2 aromatic carbocycles. The van der Waals surface area contributed by atoms with Crippen LogP contribution in [0.1, 0.15) is 20.7 Å². The maximum Gasteiger partial charge on any atom is 0.233 e. The van der Waals surface area contributed by atoms with Gasteiger partial charge in [-0.3, -0.25) is 9.59 Å². The van der Waals surface area contributed by atoms with E-state index in [1.807, 2.05) is 0 Å². The molecule has 1 aliphatic heterocycles. The van der Waals surface area contributed by atoms with E-state index in [0.717, 1.165) is 0 Å². The Hall–Kier alpha value is -3.42. The molecule has 0 spiro atoms. The van der Waals surface area contributed by atoms with Crippen molar-refractivity contribution in [2.24, 2.45) is 0 Å². The van der Waals surface area contributed by atoms with Gasteiger partial charge in [0.15, 0.2) is 23.0 Å². The second kappa shape index (κ2) is 11.5. The first kappa shape index (κ1) is 27.2. The van der Waals surface area contributed by atoms with E-state index in [1.54, 1.807) is 0 Å². The predicted molar refractivity (Wildman–Crippen MR) is 122 cm³/mol. The lowest BCUT2D eigenvalue weighted by atomic mass is 9.99. The van der Waals surface area contributed by atoms with Crippen molar-refractivity contribution < 1.29 is 58.4 Å². The number of benzene rings is 2. The Morgan fingerprint density at radius 1 is 0.750 bits per heavy atom. The number of methoxy groups -OCH3 is 4. The van der Waals surface area contributed by atoms with Gasteiger partial charge in [0.25, 0.3) is 0 Å². The van der Waals surface area contributed by atoms with Crippen molar-refractivity contribution in [1.82, 2.24) is 0 Å². The van der Waals surface area contributed by atoms with Crippen LogP contribution in [0.15, 0.2) is 30.3 Å². The zero-order chi connectivity index (χ0) is 26.6. The van der Waals surface area contributed by atoms with Gasteiger partial charge in [-0.05, 0) is 30.3 Å². The molecule has 12 heteroatoms. The molecule has 1 saturated heterocycles. The Bertz CT molecular complexity index is 1070. The van der Waals surface area contributed by atoms with Crippen molar-refractivity contribution in [3.8, 4) is 28.7 Å². The quantitative estimate of drug-likeness (QED) is 0.250. The third kappa shape index (κ3) is 5.22. The van der Waals surface area contributed by atoms with Crippen LogP contribution in [-0.2, 0) is 4.74 Å². The number of aliphatic hydroxyl groups is 4. The smallest absolute Gasteiger partial charge is 0.233 e. The highest BCUT2D eigenvalue weighted by Crippen LogP contribution is 2.39. The van der Waals surface area contributed by atoms with Gasteiger partial charge >= 0.3 is 0 Å². The Kier molecular flexibility index (Phi) is 8.71. The van der Waals surface area contributed by atoms with Gasteiger partial charge in [0.1, 0.15) is 24.4 Å². The summed E-state index contributed by atoms with van der Waals surface area (Å²) in [5, 5.41) is 39.4. The molecule has 3 rings (SSSR count). The third-order valence-corrected chi connectivity index (χ3v) is 5.65. The molecule has 0 aromatic heterocycles. The second-order valence-corrected chi connectivity index (χ2v) is 7.75. The molecule has 1 heterocycles. The summed E-state index contributed by atoms with van der Waals surface area (Å²) in [4.78, 5) is 25.9. The van der Waals surface area contributed by atoms with Crippen LogP contribution in [0.25, 0.3) is 0 Å². The Morgan fingerprint density at radius 2 is 1.31 bits per heavy atom. The van der Waals surface area contributed by atoms with E-state index in [2.05, 4.69) is 0 Å². The monoisotopic (exact) mass is 508 g/mol. The third-order valence-electron chi connectivity index (χ3n) is 5.65. The van der Waals surface area contributed by atoms with E-state index in [9.17, 15) is 30.0 Å². The van der Waals surface area contributed by atoms with Crippen molar-refractivity contribution in [3.63, 3.8) is 0 Å². The summed E-state index contributed by atoms with van der Waals surface area (Å²) >= 11 is 0. The van der Waals surface area contributed by atoms with Gasteiger partial charge < -0.3 is 48.8 Å². The number of hydrogen-bond acceptors (Lipinski definition) is 12. The fraction of sp³-hybridized carbons (Fsp3) is 0.417. The fourth-order valence-electron chi connectivity index (χ4n) is 3.67. The van der Waals surface area contributed by atoms with Crippen molar-refractivity contribution in [2.45, 2.75) is 30.7 Å². The lowest BCUT2D eigenvalue weighted by Crippen LogP contribution is -2.60. The topological polar surface area (TPSA) is 170 Å². The summed E-state index contributed by atoms with van der Waals surface area (Å²) in [5.41, 5.74) is -0.0122. The lowest BCUT2D eigenvalue weighted by molar-refractivity contribution is -0.277. The fourth-order valence-corrected chi connectivity index (χ4v) is 3.67. The number of hydrogen-bond donors (Lipinski definition) is 4. The number of aliphatic hydroxyl groups excluding tert-OH is 4. The number of carbonyl (C=O) groups is 2. The molecular formula is C24H28O12. The average Bonchev–Trinajstić information content (AvgIpc) is 2.91. The largest absolute Gasteiger partial charge is 0.493 e. The van der Waals surface area contributed by atoms with Gasteiger partial charge in [0, 0.05) is 11.1 Å². The minimum absolute atomic E-state index is 0.00936. The van der Waals surface area contributed by atoms with Crippen molar-refractivity contribution in [2.75, 3.05) is 35.0 Å². The van der Waals surface area contributed by atoms with Crippen molar-refractivity contribution in [3.05, 3.63) is 41.5 Å². The van der Waals surface area contributed by atoms with Crippen molar-refractivity contribution >= 4 is 11.6 Å². The highest BCUT2D eigenvalue weighted by Gasteiger charge is 2.45. The molecule has 1 aliphatic rings. The van der Waals surface area contributed by atoms with Crippen LogP contribution in [0.2, 0.25) is 0 Å². The van der Waals surface area contributed by atoms with Gasteiger partial charge in [-0.25, -0.2) is 0 Å². The van der Waals surface area contributed by atoms with Crippen LogP contribution in [0.5, 0.6) is 28.7 Å². The number of ether oxygens (including phenoxy) is 6. The van der Waals surface area contributed by atoms with Crippen LogP contribution >= 0.6 is 0 Å². The maximum absolute atomic E-state index is 13.0. The molecule has 0 unspecified atom stereocenters. The van der Waals surface area contributed by atoms with Crippen LogP contribution in [-0.4, -0.2) is 97.7 Å². The number of Topliss-reactive ketones (excluding diaryl/α,β-unsaturated/α-hetero) is 2. The molecular weight excluding hydrogens is 480 g/mol. The molecule has 0 aliphatic carbocycles. The molecule has 0 radical (unpaired) electrons. The second-order valence-electron chi connectivity index (χ2n) is 7.75. The van der Waals surface area contributed by atoms with E-state index in [-0.39, 0.29) is 39.9 Å². The van der Waals surface area contributed by atoms with E-state index in [1.165, 1.54) is 58.8 Å². The lowest BCUT2D eigenvalue weighted by Gasteiger charge is -2.39. The summed E-state index contributed by atoms with van der Waals surface area (Å²) in [7, 11) is 5.47. The van der Waals surface area contributed by atoms with Gasteiger partial charge in [0.2, 0.25) is 23.6 Å². The van der Waals surface area contributed by atoms with E-state index >= 15 is 0 Å². The molecule has 0 saturated carbocycles. The average molecular weight is 508 g/mol. The molecule has 1 fully saturated rings. The predicted octanol–water partition coefficient (Wildman–Crippen LogP) is -0.0347. The van der Waals surface area contributed by atoms with Crippen LogP contribution in [0.4, 0.5) is 0 Å². The normalized spacial score (nSPS) is 23.5. The Labute approximate surface area is 206 Å². The molecule has 5 atom stereocenters. The molecule has 196 valence electrons. The number of carbonyl (C=O) groups excluding carboxylic acids is 2. The molecule has 12 nitrogen and oxygen atoms in total. The summed E-state index contributed by atoms with van der Waals surface area (Å²) in [5.74, 6) is -1.00. The maximum atomic E-state index is 13.0. The number of ketones is 2. The Morgan fingerprint density at radius 3 is 1.83 bits per heavy atom. The summed E-state index contributed by atoms with van der Waals surface area (Å²) < 4.78 is 31.9. The van der Waals surface area contributed by atoms with Gasteiger partial charge in [0.05, 0.1) is 35.0 Å². The van der Waals surface area contributed by atoms with E-state index in [0.29, 0.717) is 0 Å². The minimum atomic E-state index is -1.64. The first-order chi connectivity index (χ1) is 17.2. The van der Waals surface area contributed by atoms with Gasteiger partial charge in [-0.15, -0.1) is 0 Å². The minimum Gasteiger partial charge on any atom is -0.493 e. The molecule has 0 amide bonds. The van der Waals surface area contributed by atoms with Gasteiger partial charge in [-0.1, -0.05) is 0 Å². The SMILES string of the molecule is COc1cc(C(=O)C(=O)c2cc(OC)c(OC)c(OC)c2)ccc1O[C@@H]1O[C@H](CO)[C@@H](O)[C@H](O)[C@H]1O. The first-order valence-electron chi connectivity index (χ1n) is 10.7. The first-order valence-corrected chi connectivity index (χ1v) is 10.7. The van der Waals surface area contributed by atoms with Crippen LogP contribution in [0, 0.1) is 0 Å². The Balaban J connectivity index is 1.86. The highest BCUT2D eigenvalue weighted by molar-refractivity contribution is 6.49. The summed E-state index contributed by atoms with van der Waals surface area (Å²) in [6.07, 6.45) is -7.46. The number of rotatable bonds is 10. The zero-order valence-corrected chi connectivity index (χ0v) is 20.0.